The highest BCUT2D eigenvalue weighted by Gasteiger charge is 2.30. The van der Waals surface area contributed by atoms with E-state index in [1.807, 2.05) is 13.1 Å². The van der Waals surface area contributed by atoms with Crippen LogP contribution >= 0.6 is 11.3 Å². The third kappa shape index (κ3) is 2.81. The van der Waals surface area contributed by atoms with Crippen molar-refractivity contribution in [1.29, 1.82) is 0 Å². The molecule has 90 valence electrons. The number of hydrogen-bond donors (Lipinski definition) is 1. The molecule has 0 saturated carbocycles. The van der Waals surface area contributed by atoms with Crippen molar-refractivity contribution < 1.29 is 8.42 Å². The van der Waals surface area contributed by atoms with Gasteiger partial charge in [0.15, 0.2) is 9.84 Å². The van der Waals surface area contributed by atoms with Crippen molar-refractivity contribution in [2.24, 2.45) is 5.73 Å². The summed E-state index contributed by atoms with van der Waals surface area (Å²) in [7, 11) is -2.82. The largest absolute Gasteiger partial charge is 0.328 e. The van der Waals surface area contributed by atoms with Crippen LogP contribution in [-0.2, 0) is 16.3 Å². The van der Waals surface area contributed by atoms with Gasteiger partial charge in [-0.2, -0.15) is 0 Å². The van der Waals surface area contributed by atoms with Gasteiger partial charge in [0.2, 0.25) is 0 Å². The van der Waals surface area contributed by atoms with Gasteiger partial charge in [0.1, 0.15) is 0 Å². The summed E-state index contributed by atoms with van der Waals surface area (Å²) in [6, 6.07) is 0.126. The Bertz CT molecular complexity index is 465. The van der Waals surface area contributed by atoms with E-state index in [4.69, 9.17) is 5.73 Å². The van der Waals surface area contributed by atoms with E-state index in [0.717, 1.165) is 16.3 Å². The van der Waals surface area contributed by atoms with Crippen LogP contribution in [0.25, 0.3) is 0 Å². The predicted molar refractivity (Wildman–Crippen MR) is 65.5 cm³/mol. The summed E-state index contributed by atoms with van der Waals surface area (Å²) in [5.41, 5.74) is 5.71. The van der Waals surface area contributed by atoms with Crippen molar-refractivity contribution in [1.82, 2.24) is 4.98 Å². The zero-order valence-electron chi connectivity index (χ0n) is 9.22. The number of hydrogen-bond acceptors (Lipinski definition) is 5. The molecule has 0 aromatic carbocycles. The molecule has 0 radical (unpaired) electrons. The fraction of sp³-hybridized carbons (Fsp3) is 0.700. The molecule has 0 amide bonds. The zero-order chi connectivity index (χ0) is 11.8. The maximum absolute atomic E-state index is 11.4. The average Bonchev–Trinajstić information content (AvgIpc) is 2.71. The van der Waals surface area contributed by atoms with Crippen LogP contribution in [0.15, 0.2) is 6.20 Å². The lowest BCUT2D eigenvalue weighted by Crippen LogP contribution is -2.16. The van der Waals surface area contributed by atoms with Crippen LogP contribution in [-0.4, -0.2) is 30.9 Å². The third-order valence-electron chi connectivity index (χ3n) is 2.68. The molecule has 2 rings (SSSR count). The minimum atomic E-state index is -2.82. The Labute approximate surface area is 99.8 Å². The van der Waals surface area contributed by atoms with Gasteiger partial charge in [-0.25, -0.2) is 13.4 Å². The second-order valence-electron chi connectivity index (χ2n) is 4.45. The highest BCUT2D eigenvalue weighted by atomic mass is 32.2. The van der Waals surface area contributed by atoms with Gasteiger partial charge in [-0.3, -0.25) is 0 Å². The Morgan fingerprint density at radius 3 is 3.00 bits per heavy atom. The summed E-state index contributed by atoms with van der Waals surface area (Å²) in [6.45, 7) is 1.96. The Kier molecular flexibility index (Phi) is 3.32. The maximum Gasteiger partial charge on any atom is 0.151 e. The molecule has 4 nitrogen and oxygen atoms in total. The Morgan fingerprint density at radius 1 is 1.69 bits per heavy atom. The summed E-state index contributed by atoms with van der Waals surface area (Å²) in [5.74, 6) is 0.676. The van der Waals surface area contributed by atoms with E-state index >= 15 is 0 Å². The first-order chi connectivity index (χ1) is 7.46. The molecule has 2 atom stereocenters. The first kappa shape index (κ1) is 12.0. The van der Waals surface area contributed by atoms with Crippen LogP contribution < -0.4 is 5.73 Å². The van der Waals surface area contributed by atoms with Gasteiger partial charge in [0.25, 0.3) is 0 Å². The number of aromatic nitrogens is 1. The molecule has 1 aliphatic rings. The van der Waals surface area contributed by atoms with E-state index in [1.165, 1.54) is 0 Å². The van der Waals surface area contributed by atoms with Crippen molar-refractivity contribution in [3.05, 3.63) is 16.1 Å². The first-order valence-electron chi connectivity index (χ1n) is 5.37. The predicted octanol–water partition coefficient (Wildman–Crippen LogP) is 0.935. The summed E-state index contributed by atoms with van der Waals surface area (Å²) in [4.78, 5) is 5.46. The number of nitrogens with two attached hydrogens (primary N) is 1. The lowest BCUT2D eigenvalue weighted by atomic mass is 10.1. The monoisotopic (exact) mass is 260 g/mol. The van der Waals surface area contributed by atoms with Gasteiger partial charge in [-0.05, 0) is 19.8 Å². The van der Waals surface area contributed by atoms with E-state index in [0.29, 0.717) is 12.2 Å². The fourth-order valence-electron chi connectivity index (χ4n) is 1.91. The van der Waals surface area contributed by atoms with Crippen LogP contribution in [0.5, 0.6) is 0 Å². The highest BCUT2D eigenvalue weighted by Crippen LogP contribution is 2.31. The lowest BCUT2D eigenvalue weighted by molar-refractivity contribution is 0.601. The topological polar surface area (TPSA) is 73.0 Å². The molecule has 1 aromatic heterocycles. The molecule has 2 unspecified atom stereocenters. The second kappa shape index (κ2) is 4.43. The fourth-order valence-corrected chi connectivity index (χ4v) is 4.96. The minimum Gasteiger partial charge on any atom is -0.328 e. The van der Waals surface area contributed by atoms with Crippen LogP contribution in [0.1, 0.15) is 29.1 Å². The number of thiazole rings is 1. The molecule has 2 N–H and O–H groups in total. The lowest BCUT2D eigenvalue weighted by Gasteiger charge is -2.02. The van der Waals surface area contributed by atoms with Gasteiger partial charge >= 0.3 is 0 Å². The van der Waals surface area contributed by atoms with Gasteiger partial charge in [-0.15, -0.1) is 11.3 Å². The SMILES string of the molecule is CC(N)Cc1cnc(C2CCS(=O)(=O)C2)s1. The van der Waals surface area contributed by atoms with Crippen LogP contribution in [0.3, 0.4) is 0 Å². The molecule has 2 heterocycles. The summed E-state index contributed by atoms with van der Waals surface area (Å²) < 4.78 is 22.7. The van der Waals surface area contributed by atoms with E-state index < -0.39 is 9.84 Å². The zero-order valence-corrected chi connectivity index (χ0v) is 10.9. The molecule has 1 aromatic rings. The molecular formula is C10H16N2O2S2. The smallest absolute Gasteiger partial charge is 0.151 e. The van der Waals surface area contributed by atoms with Crippen molar-refractivity contribution in [2.75, 3.05) is 11.5 Å². The van der Waals surface area contributed by atoms with Crippen molar-refractivity contribution in [3.8, 4) is 0 Å². The average molecular weight is 260 g/mol. The number of nitrogens with zero attached hydrogens (tertiary/aromatic N) is 1. The maximum atomic E-state index is 11.4. The number of sulfone groups is 1. The molecule has 6 heteroatoms. The highest BCUT2D eigenvalue weighted by molar-refractivity contribution is 7.91. The van der Waals surface area contributed by atoms with Gasteiger partial charge in [0, 0.05) is 23.0 Å². The molecule has 1 fully saturated rings. The van der Waals surface area contributed by atoms with E-state index in [2.05, 4.69) is 4.98 Å². The molecule has 0 bridgehead atoms. The molecule has 0 aliphatic carbocycles. The Morgan fingerprint density at radius 2 is 2.44 bits per heavy atom. The second-order valence-corrected chi connectivity index (χ2v) is 7.82. The van der Waals surface area contributed by atoms with Gasteiger partial charge in [-0.1, -0.05) is 0 Å². The first-order valence-corrected chi connectivity index (χ1v) is 8.00. The summed E-state index contributed by atoms with van der Waals surface area (Å²) >= 11 is 1.60. The molecule has 16 heavy (non-hydrogen) atoms. The van der Waals surface area contributed by atoms with Crippen molar-refractivity contribution in [2.45, 2.75) is 31.7 Å². The molecule has 1 saturated heterocycles. The molecular weight excluding hydrogens is 244 g/mol. The van der Waals surface area contributed by atoms with Crippen molar-refractivity contribution in [3.63, 3.8) is 0 Å². The van der Waals surface area contributed by atoms with Crippen molar-refractivity contribution >= 4 is 21.2 Å². The van der Waals surface area contributed by atoms with Crippen LogP contribution in [0, 0.1) is 0 Å². The van der Waals surface area contributed by atoms with E-state index in [1.54, 1.807) is 11.3 Å². The van der Waals surface area contributed by atoms with Crippen LogP contribution in [0.4, 0.5) is 0 Å². The van der Waals surface area contributed by atoms with Crippen LogP contribution in [0.2, 0.25) is 0 Å². The van der Waals surface area contributed by atoms with Gasteiger partial charge < -0.3 is 5.73 Å². The quantitative estimate of drug-likeness (QED) is 0.877. The summed E-state index contributed by atoms with van der Waals surface area (Å²) in [6.07, 6.45) is 3.36. The Hall–Kier alpha value is -0.460. The third-order valence-corrected chi connectivity index (χ3v) is 5.63. The molecule has 1 aliphatic heterocycles. The van der Waals surface area contributed by atoms with Gasteiger partial charge in [0.05, 0.1) is 16.5 Å². The van der Waals surface area contributed by atoms with E-state index in [9.17, 15) is 8.42 Å². The number of rotatable bonds is 3. The standard InChI is InChI=1S/C10H16N2O2S2/c1-7(11)4-9-5-12-10(15-9)8-2-3-16(13,14)6-8/h5,7-8H,2-4,6,11H2,1H3. The van der Waals surface area contributed by atoms with E-state index in [-0.39, 0.29) is 17.7 Å². The minimum absolute atomic E-state index is 0.108. The summed E-state index contributed by atoms with van der Waals surface area (Å²) in [5, 5.41) is 0.955. The molecule has 0 spiro atoms. The normalized spacial score (nSPS) is 25.8. The Balaban J connectivity index is 2.08.